The van der Waals surface area contributed by atoms with Gasteiger partial charge in [0.05, 0.1) is 12.6 Å². The zero-order chi connectivity index (χ0) is 16.8. The molecule has 1 aromatic rings. The standard InChI is InChI=1S/C18H27N3O2/c1-14(2)18(16-7-5-4-6-8-16)19-17(23)13-20-9-11-21(12-10-20)15(3)22/h4-8,14,18H,9-13H2,1-3H3,(H,19,23). The van der Waals surface area contributed by atoms with Gasteiger partial charge in [-0.15, -0.1) is 0 Å². The summed E-state index contributed by atoms with van der Waals surface area (Å²) in [4.78, 5) is 27.7. The monoisotopic (exact) mass is 317 g/mol. The molecule has 1 fully saturated rings. The van der Waals surface area contributed by atoms with Crippen LogP contribution in [0.1, 0.15) is 32.4 Å². The van der Waals surface area contributed by atoms with E-state index in [1.54, 1.807) is 6.92 Å². The van der Waals surface area contributed by atoms with Gasteiger partial charge < -0.3 is 10.2 Å². The Bertz CT molecular complexity index is 522. The maximum atomic E-state index is 12.4. The summed E-state index contributed by atoms with van der Waals surface area (Å²) >= 11 is 0. The van der Waals surface area contributed by atoms with E-state index in [0.717, 1.165) is 18.7 Å². The Labute approximate surface area is 138 Å². The second kappa shape index (κ2) is 8.11. The Kier molecular flexibility index (Phi) is 6.16. The van der Waals surface area contributed by atoms with E-state index in [2.05, 4.69) is 36.2 Å². The molecule has 126 valence electrons. The second-order valence-electron chi connectivity index (χ2n) is 6.48. The summed E-state index contributed by atoms with van der Waals surface area (Å²) in [7, 11) is 0. The highest BCUT2D eigenvalue weighted by atomic mass is 16.2. The van der Waals surface area contributed by atoms with Crippen molar-refractivity contribution in [2.75, 3.05) is 32.7 Å². The van der Waals surface area contributed by atoms with Gasteiger partial charge in [0.2, 0.25) is 11.8 Å². The summed E-state index contributed by atoms with van der Waals surface area (Å²) in [5.41, 5.74) is 1.14. The molecule has 0 bridgehead atoms. The number of amides is 2. The third-order valence-electron chi connectivity index (χ3n) is 4.33. The van der Waals surface area contributed by atoms with Crippen molar-refractivity contribution >= 4 is 11.8 Å². The number of piperazine rings is 1. The van der Waals surface area contributed by atoms with Crippen molar-refractivity contribution in [3.05, 3.63) is 35.9 Å². The van der Waals surface area contributed by atoms with Crippen LogP contribution in [0.2, 0.25) is 0 Å². The molecule has 1 aliphatic heterocycles. The zero-order valence-corrected chi connectivity index (χ0v) is 14.3. The van der Waals surface area contributed by atoms with E-state index in [1.807, 2.05) is 23.1 Å². The number of rotatable bonds is 5. The fourth-order valence-corrected chi connectivity index (χ4v) is 2.94. The summed E-state index contributed by atoms with van der Waals surface area (Å²) in [5, 5.41) is 3.15. The van der Waals surface area contributed by atoms with Crippen molar-refractivity contribution in [2.45, 2.75) is 26.8 Å². The number of nitrogens with one attached hydrogen (secondary N) is 1. The summed E-state index contributed by atoms with van der Waals surface area (Å²) in [5.74, 6) is 0.484. The van der Waals surface area contributed by atoms with E-state index in [-0.39, 0.29) is 17.9 Å². The molecule has 1 atom stereocenters. The number of benzene rings is 1. The number of hydrogen-bond acceptors (Lipinski definition) is 3. The maximum Gasteiger partial charge on any atom is 0.234 e. The van der Waals surface area contributed by atoms with Gasteiger partial charge in [0, 0.05) is 33.1 Å². The molecule has 2 amide bonds. The Morgan fingerprint density at radius 2 is 1.70 bits per heavy atom. The Balaban J connectivity index is 1.87. The number of hydrogen-bond donors (Lipinski definition) is 1. The van der Waals surface area contributed by atoms with Gasteiger partial charge in [-0.1, -0.05) is 44.2 Å². The lowest BCUT2D eigenvalue weighted by Gasteiger charge is -2.34. The van der Waals surface area contributed by atoms with E-state index in [9.17, 15) is 9.59 Å². The molecule has 1 N–H and O–H groups in total. The van der Waals surface area contributed by atoms with Gasteiger partial charge in [-0.05, 0) is 11.5 Å². The number of carbonyl (C=O) groups excluding carboxylic acids is 2. The van der Waals surface area contributed by atoms with Crippen LogP contribution in [0.5, 0.6) is 0 Å². The van der Waals surface area contributed by atoms with Gasteiger partial charge in [0.1, 0.15) is 0 Å². The van der Waals surface area contributed by atoms with Crippen LogP contribution >= 0.6 is 0 Å². The van der Waals surface area contributed by atoms with Gasteiger partial charge in [-0.2, -0.15) is 0 Å². The average molecular weight is 317 g/mol. The minimum absolute atomic E-state index is 0.0298. The van der Waals surface area contributed by atoms with Gasteiger partial charge in [-0.3, -0.25) is 14.5 Å². The molecule has 0 spiro atoms. The highest BCUT2D eigenvalue weighted by molar-refractivity contribution is 5.78. The maximum absolute atomic E-state index is 12.4. The number of carbonyl (C=O) groups is 2. The third kappa shape index (κ3) is 5.06. The lowest BCUT2D eigenvalue weighted by atomic mass is 9.96. The van der Waals surface area contributed by atoms with Gasteiger partial charge >= 0.3 is 0 Å². The smallest absolute Gasteiger partial charge is 0.234 e. The molecule has 0 saturated carbocycles. The molecule has 5 nitrogen and oxygen atoms in total. The normalized spacial score (nSPS) is 17.1. The summed E-state index contributed by atoms with van der Waals surface area (Å²) in [6.45, 7) is 9.13. The topological polar surface area (TPSA) is 52.7 Å². The van der Waals surface area contributed by atoms with Crippen LogP contribution in [0.4, 0.5) is 0 Å². The molecule has 5 heteroatoms. The molecule has 23 heavy (non-hydrogen) atoms. The molecule has 0 aromatic heterocycles. The lowest BCUT2D eigenvalue weighted by molar-refractivity contribution is -0.131. The Hall–Kier alpha value is -1.88. The minimum atomic E-state index is 0.0298. The first-order valence-corrected chi connectivity index (χ1v) is 8.29. The Morgan fingerprint density at radius 3 is 2.22 bits per heavy atom. The van der Waals surface area contributed by atoms with Crippen LogP contribution in [0.25, 0.3) is 0 Å². The van der Waals surface area contributed by atoms with Crippen LogP contribution in [0, 0.1) is 5.92 Å². The van der Waals surface area contributed by atoms with E-state index in [0.29, 0.717) is 25.6 Å². The van der Waals surface area contributed by atoms with Crippen molar-refractivity contribution < 1.29 is 9.59 Å². The number of nitrogens with zero attached hydrogens (tertiary/aromatic N) is 2. The molecule has 1 aromatic carbocycles. The van der Waals surface area contributed by atoms with E-state index in [4.69, 9.17) is 0 Å². The van der Waals surface area contributed by atoms with Crippen molar-refractivity contribution in [1.29, 1.82) is 0 Å². The SMILES string of the molecule is CC(=O)N1CCN(CC(=O)NC(c2ccccc2)C(C)C)CC1. The van der Waals surface area contributed by atoms with Gasteiger partial charge in [-0.25, -0.2) is 0 Å². The second-order valence-corrected chi connectivity index (χ2v) is 6.48. The predicted octanol–water partition coefficient (Wildman–Crippen LogP) is 1.66. The minimum Gasteiger partial charge on any atom is -0.348 e. The van der Waals surface area contributed by atoms with E-state index < -0.39 is 0 Å². The molecule has 2 rings (SSSR count). The first kappa shape index (κ1) is 17.5. The highest BCUT2D eigenvalue weighted by Gasteiger charge is 2.22. The third-order valence-corrected chi connectivity index (χ3v) is 4.33. The first-order chi connectivity index (χ1) is 11.0. The molecule has 1 unspecified atom stereocenters. The molecular weight excluding hydrogens is 290 g/mol. The highest BCUT2D eigenvalue weighted by Crippen LogP contribution is 2.21. The van der Waals surface area contributed by atoms with Crippen LogP contribution in [-0.2, 0) is 9.59 Å². The first-order valence-electron chi connectivity index (χ1n) is 8.29. The van der Waals surface area contributed by atoms with Gasteiger partial charge in [0.15, 0.2) is 0 Å². The van der Waals surface area contributed by atoms with Crippen molar-refractivity contribution in [3.63, 3.8) is 0 Å². The van der Waals surface area contributed by atoms with Crippen LogP contribution in [0.3, 0.4) is 0 Å². The van der Waals surface area contributed by atoms with E-state index >= 15 is 0 Å². The Morgan fingerprint density at radius 1 is 1.09 bits per heavy atom. The van der Waals surface area contributed by atoms with Gasteiger partial charge in [0.25, 0.3) is 0 Å². The quantitative estimate of drug-likeness (QED) is 0.899. The summed E-state index contributed by atoms with van der Waals surface area (Å²) in [6, 6.07) is 10.1. The summed E-state index contributed by atoms with van der Waals surface area (Å²) in [6.07, 6.45) is 0. The lowest BCUT2D eigenvalue weighted by Crippen LogP contribution is -2.51. The predicted molar refractivity (Wildman–Crippen MR) is 90.9 cm³/mol. The van der Waals surface area contributed by atoms with Crippen molar-refractivity contribution in [3.8, 4) is 0 Å². The molecule has 0 radical (unpaired) electrons. The fourth-order valence-electron chi connectivity index (χ4n) is 2.94. The van der Waals surface area contributed by atoms with Crippen molar-refractivity contribution in [2.24, 2.45) is 5.92 Å². The molecule has 0 aliphatic carbocycles. The van der Waals surface area contributed by atoms with Crippen molar-refractivity contribution in [1.82, 2.24) is 15.1 Å². The van der Waals surface area contributed by atoms with Crippen LogP contribution < -0.4 is 5.32 Å². The average Bonchev–Trinajstić information content (AvgIpc) is 2.53. The van der Waals surface area contributed by atoms with Crippen LogP contribution in [-0.4, -0.2) is 54.3 Å². The molecular formula is C18H27N3O2. The largest absolute Gasteiger partial charge is 0.348 e. The zero-order valence-electron chi connectivity index (χ0n) is 14.3. The fraction of sp³-hybridized carbons (Fsp3) is 0.556. The molecule has 1 saturated heterocycles. The molecule has 1 aliphatic rings. The summed E-state index contributed by atoms with van der Waals surface area (Å²) < 4.78 is 0. The van der Waals surface area contributed by atoms with Crippen LogP contribution in [0.15, 0.2) is 30.3 Å². The molecule has 1 heterocycles. The van der Waals surface area contributed by atoms with E-state index in [1.165, 1.54) is 0 Å².